The lowest BCUT2D eigenvalue weighted by Gasteiger charge is -2.34. The Morgan fingerprint density at radius 1 is 1.43 bits per heavy atom. The third kappa shape index (κ3) is 4.68. The Kier molecular flexibility index (Phi) is 5.96. The van der Waals surface area contributed by atoms with Crippen LogP contribution in [-0.4, -0.2) is 41.1 Å². The molecule has 5 nitrogen and oxygen atoms in total. The molecule has 0 radical (unpaired) electrons. The highest BCUT2D eigenvalue weighted by molar-refractivity contribution is 5.81. The van der Waals surface area contributed by atoms with Crippen LogP contribution in [0.2, 0.25) is 0 Å². The summed E-state index contributed by atoms with van der Waals surface area (Å²) in [7, 11) is 0. The van der Waals surface area contributed by atoms with Gasteiger partial charge in [0, 0.05) is 19.5 Å². The Labute approximate surface area is 135 Å². The SMILES string of the molecule is CC[C@H](Oc1ccccc1F)C(=O)N1CCC[C@H](CC(=O)O)C1. The topological polar surface area (TPSA) is 66.8 Å². The molecular weight excluding hydrogens is 301 g/mol. The minimum absolute atomic E-state index is 0.0313. The fourth-order valence-electron chi connectivity index (χ4n) is 2.88. The summed E-state index contributed by atoms with van der Waals surface area (Å²) in [6.45, 7) is 2.82. The second-order valence-electron chi connectivity index (χ2n) is 5.84. The van der Waals surface area contributed by atoms with Crippen LogP contribution in [0.5, 0.6) is 5.75 Å². The van der Waals surface area contributed by atoms with Crippen molar-refractivity contribution >= 4 is 11.9 Å². The van der Waals surface area contributed by atoms with Crippen LogP contribution < -0.4 is 4.74 Å². The van der Waals surface area contributed by atoms with Gasteiger partial charge in [0.2, 0.25) is 0 Å². The molecule has 1 aliphatic heterocycles. The van der Waals surface area contributed by atoms with Gasteiger partial charge in [-0.2, -0.15) is 0 Å². The number of halogens is 1. The molecule has 0 unspecified atom stereocenters. The van der Waals surface area contributed by atoms with Gasteiger partial charge in [0.05, 0.1) is 0 Å². The molecule has 0 saturated carbocycles. The molecule has 1 aromatic carbocycles. The van der Waals surface area contributed by atoms with E-state index >= 15 is 0 Å². The van der Waals surface area contributed by atoms with Crippen molar-refractivity contribution in [2.45, 2.75) is 38.7 Å². The lowest BCUT2D eigenvalue weighted by Crippen LogP contribution is -2.47. The second kappa shape index (κ2) is 7.94. The average Bonchev–Trinajstić information content (AvgIpc) is 2.53. The lowest BCUT2D eigenvalue weighted by molar-refractivity contribution is -0.144. The maximum Gasteiger partial charge on any atom is 0.303 e. The molecule has 1 fully saturated rings. The van der Waals surface area contributed by atoms with Crippen LogP contribution in [0.25, 0.3) is 0 Å². The Morgan fingerprint density at radius 3 is 2.83 bits per heavy atom. The summed E-state index contributed by atoms with van der Waals surface area (Å²) in [5.74, 6) is -1.52. The number of likely N-dealkylation sites (tertiary alicyclic amines) is 1. The molecule has 23 heavy (non-hydrogen) atoms. The van der Waals surface area contributed by atoms with E-state index < -0.39 is 17.9 Å². The molecule has 0 aliphatic carbocycles. The maximum atomic E-state index is 13.7. The molecule has 1 N–H and O–H groups in total. The largest absolute Gasteiger partial charge is 0.481 e. The van der Waals surface area contributed by atoms with Crippen LogP contribution in [-0.2, 0) is 9.59 Å². The fraction of sp³-hybridized carbons (Fsp3) is 0.529. The van der Waals surface area contributed by atoms with E-state index in [9.17, 15) is 14.0 Å². The first-order valence-corrected chi connectivity index (χ1v) is 7.93. The minimum Gasteiger partial charge on any atom is -0.481 e. The van der Waals surface area contributed by atoms with Crippen molar-refractivity contribution in [1.29, 1.82) is 0 Å². The first kappa shape index (κ1) is 17.2. The second-order valence-corrected chi connectivity index (χ2v) is 5.84. The molecular formula is C17H22FNO4. The van der Waals surface area contributed by atoms with Gasteiger partial charge in [-0.1, -0.05) is 19.1 Å². The van der Waals surface area contributed by atoms with Crippen LogP contribution in [0, 0.1) is 11.7 Å². The van der Waals surface area contributed by atoms with Crippen molar-refractivity contribution in [3.8, 4) is 5.75 Å². The summed E-state index contributed by atoms with van der Waals surface area (Å²) >= 11 is 0. The van der Waals surface area contributed by atoms with Gasteiger partial charge in [-0.25, -0.2) is 4.39 Å². The molecule has 0 spiro atoms. The predicted molar refractivity (Wildman–Crippen MR) is 82.7 cm³/mol. The van der Waals surface area contributed by atoms with Gasteiger partial charge in [0.15, 0.2) is 17.7 Å². The molecule has 2 rings (SSSR count). The number of carboxylic acid groups (broad SMARTS) is 1. The highest BCUT2D eigenvalue weighted by atomic mass is 19.1. The van der Waals surface area contributed by atoms with E-state index in [0.29, 0.717) is 19.5 Å². The van der Waals surface area contributed by atoms with Crippen molar-refractivity contribution in [3.63, 3.8) is 0 Å². The van der Waals surface area contributed by atoms with E-state index in [1.807, 2.05) is 6.92 Å². The summed E-state index contributed by atoms with van der Waals surface area (Å²) in [6.07, 6.45) is 1.32. The molecule has 0 bridgehead atoms. The number of nitrogens with zero attached hydrogens (tertiary/aromatic N) is 1. The van der Waals surface area contributed by atoms with Gasteiger partial charge in [0.25, 0.3) is 5.91 Å². The fourth-order valence-corrected chi connectivity index (χ4v) is 2.88. The van der Waals surface area contributed by atoms with Gasteiger partial charge in [-0.15, -0.1) is 0 Å². The van der Waals surface area contributed by atoms with E-state index in [2.05, 4.69) is 0 Å². The molecule has 1 saturated heterocycles. The number of amides is 1. The van der Waals surface area contributed by atoms with E-state index in [1.165, 1.54) is 12.1 Å². The van der Waals surface area contributed by atoms with E-state index in [-0.39, 0.29) is 24.0 Å². The summed E-state index contributed by atoms with van der Waals surface area (Å²) in [5, 5.41) is 8.90. The number of hydrogen-bond donors (Lipinski definition) is 1. The molecule has 2 atom stereocenters. The quantitative estimate of drug-likeness (QED) is 0.874. The standard InChI is InChI=1S/C17H22FNO4/c1-2-14(23-15-8-4-3-7-13(15)18)17(22)19-9-5-6-12(11-19)10-16(20)21/h3-4,7-8,12,14H,2,5-6,9-11H2,1H3,(H,20,21)/t12-,14+/m1/s1. The monoisotopic (exact) mass is 323 g/mol. The zero-order valence-corrected chi connectivity index (χ0v) is 13.2. The molecule has 1 heterocycles. The third-order valence-electron chi connectivity index (χ3n) is 4.05. The normalized spacial score (nSPS) is 19.2. The van der Waals surface area contributed by atoms with Crippen molar-refractivity contribution in [2.24, 2.45) is 5.92 Å². The van der Waals surface area contributed by atoms with Crippen molar-refractivity contribution < 1.29 is 23.8 Å². The molecule has 1 aromatic rings. The minimum atomic E-state index is -0.848. The van der Waals surface area contributed by atoms with E-state index in [4.69, 9.17) is 9.84 Å². The maximum absolute atomic E-state index is 13.7. The number of ether oxygens (including phenoxy) is 1. The molecule has 1 amide bonds. The number of rotatable bonds is 6. The molecule has 6 heteroatoms. The lowest BCUT2D eigenvalue weighted by atomic mass is 9.94. The first-order valence-electron chi connectivity index (χ1n) is 7.93. The van der Waals surface area contributed by atoms with Crippen molar-refractivity contribution in [3.05, 3.63) is 30.1 Å². The van der Waals surface area contributed by atoms with Crippen LogP contribution >= 0.6 is 0 Å². The number of carbonyl (C=O) groups is 2. The zero-order chi connectivity index (χ0) is 16.8. The van der Waals surface area contributed by atoms with Crippen molar-refractivity contribution in [2.75, 3.05) is 13.1 Å². The van der Waals surface area contributed by atoms with Crippen LogP contribution in [0.3, 0.4) is 0 Å². The van der Waals surface area contributed by atoms with E-state index in [1.54, 1.807) is 17.0 Å². The molecule has 126 valence electrons. The Hall–Kier alpha value is -2.11. The number of benzene rings is 1. The Balaban J connectivity index is 2.01. The van der Waals surface area contributed by atoms with Gasteiger partial charge < -0.3 is 14.7 Å². The van der Waals surface area contributed by atoms with Crippen LogP contribution in [0.1, 0.15) is 32.6 Å². The Bertz CT molecular complexity index is 563. The van der Waals surface area contributed by atoms with Gasteiger partial charge >= 0.3 is 5.97 Å². The zero-order valence-electron chi connectivity index (χ0n) is 13.2. The van der Waals surface area contributed by atoms with Gasteiger partial charge in [-0.3, -0.25) is 9.59 Å². The summed E-state index contributed by atoms with van der Waals surface area (Å²) in [5.41, 5.74) is 0. The number of hydrogen-bond acceptors (Lipinski definition) is 3. The smallest absolute Gasteiger partial charge is 0.303 e. The average molecular weight is 323 g/mol. The van der Waals surface area contributed by atoms with Crippen LogP contribution in [0.4, 0.5) is 4.39 Å². The number of piperidine rings is 1. The number of carbonyl (C=O) groups excluding carboxylic acids is 1. The number of para-hydroxylation sites is 1. The third-order valence-corrected chi connectivity index (χ3v) is 4.05. The highest BCUT2D eigenvalue weighted by Crippen LogP contribution is 2.23. The number of aliphatic carboxylic acids is 1. The summed E-state index contributed by atoms with van der Waals surface area (Å²) in [4.78, 5) is 25.1. The summed E-state index contributed by atoms with van der Waals surface area (Å²) in [6, 6.07) is 6.00. The molecule has 0 aromatic heterocycles. The van der Waals surface area contributed by atoms with E-state index in [0.717, 1.165) is 12.8 Å². The van der Waals surface area contributed by atoms with Crippen molar-refractivity contribution in [1.82, 2.24) is 4.90 Å². The highest BCUT2D eigenvalue weighted by Gasteiger charge is 2.30. The Morgan fingerprint density at radius 2 is 2.17 bits per heavy atom. The summed E-state index contributed by atoms with van der Waals surface area (Å²) < 4.78 is 19.2. The molecule has 1 aliphatic rings. The number of carboxylic acids is 1. The predicted octanol–water partition coefficient (Wildman–Crippen LogP) is 2.70. The van der Waals surface area contributed by atoms with Gasteiger partial charge in [0.1, 0.15) is 0 Å². The first-order chi connectivity index (χ1) is 11.0. The van der Waals surface area contributed by atoms with Gasteiger partial charge in [-0.05, 0) is 37.3 Å². The van der Waals surface area contributed by atoms with Crippen LogP contribution in [0.15, 0.2) is 24.3 Å².